The summed E-state index contributed by atoms with van der Waals surface area (Å²) in [6, 6.07) is 20.9. The van der Waals surface area contributed by atoms with Gasteiger partial charge in [0.05, 0.1) is 24.8 Å². The first-order valence-electron chi connectivity index (χ1n) is 15.3. The van der Waals surface area contributed by atoms with Gasteiger partial charge in [0.1, 0.15) is 17.6 Å². The van der Waals surface area contributed by atoms with Crippen molar-refractivity contribution in [3.63, 3.8) is 0 Å². The molecule has 10 heteroatoms. The molecular weight excluding hydrogens is 631 g/mol. The first kappa shape index (κ1) is 35.1. The summed E-state index contributed by atoms with van der Waals surface area (Å²) in [6.07, 6.45) is 0. The largest absolute Gasteiger partial charge is 0.493 e. The topological polar surface area (TPSA) is 57.6 Å². The Morgan fingerprint density at radius 3 is 2.07 bits per heavy atom. The van der Waals surface area contributed by atoms with Crippen LogP contribution in [0.3, 0.4) is 0 Å². The fourth-order valence-corrected chi connectivity index (χ4v) is 6.09. The van der Waals surface area contributed by atoms with Gasteiger partial charge >= 0.3 is 6.03 Å². The van der Waals surface area contributed by atoms with Gasteiger partial charge in [-0.15, -0.1) is 12.4 Å². The second-order valence-electron chi connectivity index (χ2n) is 12.3. The number of carbonyl (C=O) groups is 1. The standard InChI is InChI=1S/C35H42Cl2N4O3.ClH/c1-6-44-30-23-26(35(2,3)4)11-16-29(30)33-38-31(24-7-12-27(36)13-8-24)32(25-9-14-28(37)15-10-25)41(33)34(42)40-19-17-39(18-20-40)21-22-43-5;/h7-16,23,31-32H,6,17-22H2,1-5H3;1H/t31-,32+;/m0./s1. The Morgan fingerprint density at radius 1 is 0.911 bits per heavy atom. The summed E-state index contributed by atoms with van der Waals surface area (Å²) in [4.78, 5) is 26.2. The highest BCUT2D eigenvalue weighted by Crippen LogP contribution is 2.46. The summed E-state index contributed by atoms with van der Waals surface area (Å²) in [5.41, 5.74) is 3.79. The smallest absolute Gasteiger partial charge is 0.326 e. The molecule has 2 heterocycles. The average molecular weight is 674 g/mol. The molecule has 2 amide bonds. The lowest BCUT2D eigenvalue weighted by molar-refractivity contribution is 0.0963. The average Bonchev–Trinajstić information content (AvgIpc) is 3.40. The van der Waals surface area contributed by atoms with Crippen LogP contribution in [0.25, 0.3) is 0 Å². The molecule has 7 nitrogen and oxygen atoms in total. The highest BCUT2D eigenvalue weighted by molar-refractivity contribution is 6.30. The van der Waals surface area contributed by atoms with Gasteiger partial charge in [-0.2, -0.15) is 0 Å². The van der Waals surface area contributed by atoms with Crippen LogP contribution >= 0.6 is 35.6 Å². The van der Waals surface area contributed by atoms with Gasteiger partial charge in [-0.3, -0.25) is 14.8 Å². The number of hydrogen-bond acceptors (Lipinski definition) is 5. The van der Waals surface area contributed by atoms with Gasteiger partial charge in [0.15, 0.2) is 0 Å². The van der Waals surface area contributed by atoms with Crippen LogP contribution in [0.15, 0.2) is 71.7 Å². The van der Waals surface area contributed by atoms with Crippen molar-refractivity contribution in [3.05, 3.63) is 99.0 Å². The number of piperazine rings is 1. The minimum atomic E-state index is -0.403. The fraction of sp³-hybridized carbons (Fsp3) is 0.429. The van der Waals surface area contributed by atoms with Gasteiger partial charge in [0.25, 0.3) is 0 Å². The zero-order valence-electron chi connectivity index (χ0n) is 26.6. The van der Waals surface area contributed by atoms with Crippen molar-refractivity contribution in [1.82, 2.24) is 14.7 Å². The summed E-state index contributed by atoms with van der Waals surface area (Å²) in [5.74, 6) is 1.31. The van der Waals surface area contributed by atoms with Crippen molar-refractivity contribution < 1.29 is 14.3 Å². The first-order valence-corrected chi connectivity index (χ1v) is 16.0. The molecule has 0 aliphatic carbocycles. The zero-order valence-corrected chi connectivity index (χ0v) is 29.0. The lowest BCUT2D eigenvalue weighted by atomic mass is 9.86. The molecule has 0 saturated carbocycles. The third-order valence-corrected chi connectivity index (χ3v) is 8.84. The Balaban J connectivity index is 0.00000461. The van der Waals surface area contributed by atoms with Gasteiger partial charge in [-0.05, 0) is 65.4 Å². The lowest BCUT2D eigenvalue weighted by Gasteiger charge is -2.39. The molecule has 1 fully saturated rings. The van der Waals surface area contributed by atoms with Gasteiger partial charge in [-0.25, -0.2) is 4.79 Å². The van der Waals surface area contributed by atoms with Gasteiger partial charge in [-0.1, -0.05) is 74.3 Å². The number of amidine groups is 1. The van der Waals surface area contributed by atoms with Crippen molar-refractivity contribution in [2.75, 3.05) is 53.0 Å². The molecule has 2 aliphatic heterocycles. The Morgan fingerprint density at radius 2 is 1.51 bits per heavy atom. The number of amides is 2. The first-order chi connectivity index (χ1) is 21.1. The normalized spacial score (nSPS) is 18.9. The number of carbonyl (C=O) groups excluding carboxylic acids is 1. The molecule has 3 aromatic rings. The highest BCUT2D eigenvalue weighted by Gasteiger charge is 2.45. The number of aliphatic imine (C=N–C) groups is 1. The van der Waals surface area contributed by atoms with E-state index >= 15 is 0 Å². The third kappa shape index (κ3) is 7.95. The summed E-state index contributed by atoms with van der Waals surface area (Å²) < 4.78 is 11.5. The van der Waals surface area contributed by atoms with Crippen LogP contribution in [0.4, 0.5) is 4.79 Å². The maximum absolute atomic E-state index is 14.7. The number of ether oxygens (including phenoxy) is 2. The van der Waals surface area contributed by atoms with E-state index in [4.69, 9.17) is 37.7 Å². The molecule has 45 heavy (non-hydrogen) atoms. The van der Waals surface area contributed by atoms with Crippen LogP contribution in [0.2, 0.25) is 10.0 Å². The molecule has 242 valence electrons. The van der Waals surface area contributed by atoms with E-state index in [0.29, 0.717) is 47.9 Å². The fourth-order valence-electron chi connectivity index (χ4n) is 5.84. The van der Waals surface area contributed by atoms with Crippen LogP contribution in [-0.4, -0.2) is 79.6 Å². The van der Waals surface area contributed by atoms with Crippen LogP contribution in [0.1, 0.15) is 62.0 Å². The molecular formula is C35H43Cl3N4O3. The molecule has 0 unspecified atom stereocenters. The number of methoxy groups -OCH3 is 1. The van der Waals surface area contributed by atoms with E-state index in [1.54, 1.807) is 7.11 Å². The molecule has 3 aromatic carbocycles. The second kappa shape index (κ2) is 15.2. The van der Waals surface area contributed by atoms with Gasteiger partial charge in [0, 0.05) is 49.9 Å². The van der Waals surface area contributed by atoms with E-state index in [9.17, 15) is 4.79 Å². The Kier molecular flexibility index (Phi) is 11.8. The van der Waals surface area contributed by atoms with Gasteiger partial charge in [0.2, 0.25) is 0 Å². The van der Waals surface area contributed by atoms with E-state index in [0.717, 1.165) is 41.9 Å². The predicted molar refractivity (Wildman–Crippen MR) is 186 cm³/mol. The molecule has 5 rings (SSSR count). The number of halogens is 3. The van der Waals surface area contributed by atoms with Crippen molar-refractivity contribution in [2.24, 2.45) is 4.99 Å². The van der Waals surface area contributed by atoms with Gasteiger partial charge < -0.3 is 14.4 Å². The lowest BCUT2D eigenvalue weighted by Crippen LogP contribution is -2.54. The minimum absolute atomic E-state index is 0. The number of nitrogens with zero attached hydrogens (tertiary/aromatic N) is 4. The maximum Gasteiger partial charge on any atom is 0.326 e. The Hall–Kier alpha value is -2.81. The Bertz CT molecular complexity index is 1470. The monoisotopic (exact) mass is 672 g/mol. The van der Waals surface area contributed by atoms with Crippen LogP contribution in [0, 0.1) is 0 Å². The number of hydrogen-bond donors (Lipinski definition) is 0. The molecule has 1 saturated heterocycles. The Labute approximate surface area is 283 Å². The molecule has 0 aromatic heterocycles. The SMILES string of the molecule is CCOc1cc(C(C)(C)C)ccc1C1=N[C@@H](c2ccc(Cl)cc2)[C@@H](c2ccc(Cl)cc2)N1C(=O)N1CCN(CCOC)CC1.Cl. The van der Waals surface area contributed by atoms with E-state index < -0.39 is 6.04 Å². The predicted octanol–water partition coefficient (Wildman–Crippen LogP) is 8.04. The number of rotatable bonds is 8. The molecule has 0 radical (unpaired) electrons. The van der Waals surface area contributed by atoms with Crippen molar-refractivity contribution in [1.29, 1.82) is 0 Å². The second-order valence-corrected chi connectivity index (χ2v) is 13.2. The zero-order chi connectivity index (χ0) is 31.4. The van der Waals surface area contributed by atoms with Crippen molar-refractivity contribution in [3.8, 4) is 5.75 Å². The summed E-state index contributed by atoms with van der Waals surface area (Å²) >= 11 is 12.6. The van der Waals surface area contributed by atoms with Crippen molar-refractivity contribution >= 4 is 47.5 Å². The number of benzene rings is 3. The minimum Gasteiger partial charge on any atom is -0.493 e. The number of urea groups is 1. The van der Waals surface area contributed by atoms with Crippen LogP contribution in [-0.2, 0) is 10.2 Å². The van der Waals surface area contributed by atoms with Crippen LogP contribution in [0.5, 0.6) is 5.75 Å². The summed E-state index contributed by atoms with van der Waals surface area (Å²) in [7, 11) is 1.71. The van der Waals surface area contributed by atoms with Crippen molar-refractivity contribution in [2.45, 2.75) is 45.2 Å². The molecule has 2 atom stereocenters. The quantitative estimate of drug-likeness (QED) is 0.243. The van der Waals surface area contributed by atoms with E-state index in [-0.39, 0.29) is 29.9 Å². The van der Waals surface area contributed by atoms with E-state index in [1.165, 1.54) is 0 Å². The van der Waals surface area contributed by atoms with Crippen LogP contribution < -0.4 is 4.74 Å². The summed E-state index contributed by atoms with van der Waals surface area (Å²) in [6.45, 7) is 13.3. The molecule has 2 aliphatic rings. The molecule has 0 spiro atoms. The molecule has 0 N–H and O–H groups in total. The van der Waals surface area contributed by atoms with E-state index in [2.05, 4.69) is 43.9 Å². The maximum atomic E-state index is 14.7. The van der Waals surface area contributed by atoms with E-state index in [1.807, 2.05) is 65.3 Å². The third-order valence-electron chi connectivity index (χ3n) is 8.34. The summed E-state index contributed by atoms with van der Waals surface area (Å²) in [5, 5.41) is 1.28. The molecule has 0 bridgehead atoms. The highest BCUT2D eigenvalue weighted by atomic mass is 35.5.